The highest BCUT2D eigenvalue weighted by atomic mass is 32.1. The van der Waals surface area contributed by atoms with Crippen LogP contribution in [0.15, 0.2) is 30.3 Å². The van der Waals surface area contributed by atoms with Gasteiger partial charge in [0.25, 0.3) is 0 Å². The summed E-state index contributed by atoms with van der Waals surface area (Å²) in [5, 5.41) is 10.8. The molecule has 0 spiro atoms. The van der Waals surface area contributed by atoms with Crippen molar-refractivity contribution >= 4 is 28.2 Å². The summed E-state index contributed by atoms with van der Waals surface area (Å²) in [6, 6.07) is 9.76. The van der Waals surface area contributed by atoms with E-state index in [1.807, 2.05) is 37.3 Å². The van der Waals surface area contributed by atoms with Crippen molar-refractivity contribution in [3.63, 3.8) is 0 Å². The second kappa shape index (κ2) is 4.68. The van der Waals surface area contributed by atoms with E-state index in [-0.39, 0.29) is 5.69 Å². The molecule has 0 bridgehead atoms. The van der Waals surface area contributed by atoms with E-state index in [9.17, 15) is 4.79 Å². The Balaban J connectivity index is 2.29. The molecule has 0 fully saturated rings. The van der Waals surface area contributed by atoms with Gasteiger partial charge in [-0.25, -0.2) is 9.78 Å². The zero-order chi connectivity index (χ0) is 14.3. The molecule has 20 heavy (non-hydrogen) atoms. The first-order valence-electron chi connectivity index (χ1n) is 6.14. The van der Waals surface area contributed by atoms with Gasteiger partial charge in [-0.15, -0.1) is 11.3 Å². The molecule has 0 aliphatic rings. The molecule has 0 radical (unpaired) electrons. The number of carbonyl (C=O) groups is 1. The molecule has 1 N–H and O–H groups in total. The van der Waals surface area contributed by atoms with Gasteiger partial charge in [0, 0.05) is 21.5 Å². The van der Waals surface area contributed by atoms with Crippen molar-refractivity contribution in [3.8, 4) is 10.6 Å². The molecular weight excluding hydrogens is 272 g/mol. The molecular formula is C15H12N2O2S. The molecule has 0 amide bonds. The number of carboxylic acid groups (broad SMARTS) is 1. The van der Waals surface area contributed by atoms with Crippen LogP contribution in [0.25, 0.3) is 21.5 Å². The van der Waals surface area contributed by atoms with Crippen LogP contribution in [0.4, 0.5) is 0 Å². The van der Waals surface area contributed by atoms with Crippen LogP contribution in [0.1, 0.15) is 21.1 Å². The van der Waals surface area contributed by atoms with Crippen molar-refractivity contribution in [3.05, 3.63) is 46.6 Å². The summed E-state index contributed by atoms with van der Waals surface area (Å²) in [5.74, 6) is -0.986. The van der Waals surface area contributed by atoms with Crippen LogP contribution < -0.4 is 0 Å². The van der Waals surface area contributed by atoms with Gasteiger partial charge in [-0.3, -0.25) is 4.98 Å². The minimum atomic E-state index is -0.986. The van der Waals surface area contributed by atoms with E-state index < -0.39 is 5.97 Å². The lowest BCUT2D eigenvalue weighted by molar-refractivity contribution is 0.0690. The highest BCUT2D eigenvalue weighted by molar-refractivity contribution is 7.15. The maximum absolute atomic E-state index is 11.1. The smallest absolute Gasteiger partial charge is 0.355 e. The molecule has 0 atom stereocenters. The number of hydrogen-bond acceptors (Lipinski definition) is 4. The van der Waals surface area contributed by atoms with Crippen molar-refractivity contribution in [2.24, 2.45) is 0 Å². The molecule has 4 nitrogen and oxygen atoms in total. The molecule has 0 aliphatic carbocycles. The number of fused-ring (bicyclic) bond motifs is 1. The Bertz CT molecular complexity index is 824. The second-order valence-electron chi connectivity index (χ2n) is 4.56. The van der Waals surface area contributed by atoms with Crippen LogP contribution in [0, 0.1) is 13.8 Å². The van der Waals surface area contributed by atoms with Gasteiger partial charge in [0.15, 0.2) is 5.69 Å². The fourth-order valence-corrected chi connectivity index (χ4v) is 3.13. The quantitative estimate of drug-likeness (QED) is 0.779. The maximum Gasteiger partial charge on any atom is 0.355 e. The first-order chi connectivity index (χ1) is 9.56. The lowest BCUT2D eigenvalue weighted by Gasteiger charge is -2.04. The molecule has 0 aliphatic heterocycles. The molecule has 3 aromatic rings. The Labute approximate surface area is 119 Å². The number of carboxylic acids is 1. The molecule has 0 saturated carbocycles. The van der Waals surface area contributed by atoms with Crippen molar-refractivity contribution in [1.82, 2.24) is 9.97 Å². The van der Waals surface area contributed by atoms with E-state index in [1.54, 1.807) is 6.92 Å². The van der Waals surface area contributed by atoms with Crippen LogP contribution in [0.5, 0.6) is 0 Å². The third-order valence-corrected chi connectivity index (χ3v) is 4.08. The maximum atomic E-state index is 11.1. The predicted octanol–water partition coefficient (Wildman–Crippen LogP) is 3.67. The molecule has 0 unspecified atom stereocenters. The van der Waals surface area contributed by atoms with Gasteiger partial charge in [-0.05, 0) is 26.0 Å². The normalized spacial score (nSPS) is 10.9. The van der Waals surface area contributed by atoms with Gasteiger partial charge in [-0.2, -0.15) is 0 Å². The number of thiazole rings is 1. The minimum Gasteiger partial charge on any atom is -0.476 e. The molecule has 1 aromatic carbocycles. The first kappa shape index (κ1) is 12.7. The van der Waals surface area contributed by atoms with Crippen LogP contribution >= 0.6 is 11.3 Å². The zero-order valence-electron chi connectivity index (χ0n) is 11.0. The number of benzene rings is 1. The number of aryl methyl sites for hydroxylation is 2. The van der Waals surface area contributed by atoms with Gasteiger partial charge in [0.2, 0.25) is 0 Å². The van der Waals surface area contributed by atoms with E-state index in [0.717, 1.165) is 27.2 Å². The molecule has 2 aromatic heterocycles. The van der Waals surface area contributed by atoms with E-state index >= 15 is 0 Å². The summed E-state index contributed by atoms with van der Waals surface area (Å²) in [7, 11) is 0. The summed E-state index contributed by atoms with van der Waals surface area (Å²) >= 11 is 1.40. The van der Waals surface area contributed by atoms with Crippen molar-refractivity contribution < 1.29 is 9.90 Å². The summed E-state index contributed by atoms with van der Waals surface area (Å²) in [6.45, 7) is 3.70. The largest absolute Gasteiger partial charge is 0.476 e. The summed E-state index contributed by atoms with van der Waals surface area (Å²) in [6.07, 6.45) is 0. The number of aromatic carboxylic acids is 1. The Morgan fingerprint density at radius 2 is 1.95 bits per heavy atom. The third-order valence-electron chi connectivity index (χ3n) is 3.07. The number of rotatable bonds is 2. The van der Waals surface area contributed by atoms with Crippen LogP contribution in [-0.4, -0.2) is 21.0 Å². The van der Waals surface area contributed by atoms with E-state index in [1.165, 1.54) is 11.3 Å². The number of para-hydroxylation sites is 1. The van der Waals surface area contributed by atoms with Gasteiger partial charge in [0.05, 0.1) is 5.52 Å². The van der Waals surface area contributed by atoms with Crippen LogP contribution in [0.2, 0.25) is 0 Å². The standard InChI is InChI=1S/C15H12N2O2S/c1-8-7-11(10-5-3-4-6-12(10)16-8)14-17-13(15(18)19)9(2)20-14/h3-7H,1-2H3,(H,18,19). The van der Waals surface area contributed by atoms with Gasteiger partial charge in [-0.1, -0.05) is 18.2 Å². The SMILES string of the molecule is Cc1cc(-c2nc(C(=O)O)c(C)s2)c2ccccc2n1. The molecule has 5 heteroatoms. The lowest BCUT2D eigenvalue weighted by Crippen LogP contribution is -1.98. The fourth-order valence-electron chi connectivity index (χ4n) is 2.19. The third kappa shape index (κ3) is 2.06. The van der Waals surface area contributed by atoms with Crippen molar-refractivity contribution in [1.29, 1.82) is 0 Å². The molecule has 100 valence electrons. The van der Waals surface area contributed by atoms with Gasteiger partial charge >= 0.3 is 5.97 Å². The first-order valence-corrected chi connectivity index (χ1v) is 6.95. The average Bonchev–Trinajstić information content (AvgIpc) is 2.80. The van der Waals surface area contributed by atoms with E-state index in [0.29, 0.717) is 4.88 Å². The van der Waals surface area contributed by atoms with Crippen LogP contribution in [-0.2, 0) is 0 Å². The minimum absolute atomic E-state index is 0.128. The van der Waals surface area contributed by atoms with Gasteiger partial charge in [0.1, 0.15) is 5.01 Å². The van der Waals surface area contributed by atoms with E-state index in [4.69, 9.17) is 5.11 Å². The van der Waals surface area contributed by atoms with Crippen molar-refractivity contribution in [2.75, 3.05) is 0 Å². The molecule has 2 heterocycles. The predicted molar refractivity (Wildman–Crippen MR) is 79.3 cm³/mol. The van der Waals surface area contributed by atoms with Crippen molar-refractivity contribution in [2.45, 2.75) is 13.8 Å². The van der Waals surface area contributed by atoms with Crippen LogP contribution in [0.3, 0.4) is 0 Å². The average molecular weight is 284 g/mol. The number of nitrogens with zero attached hydrogens (tertiary/aromatic N) is 2. The fraction of sp³-hybridized carbons (Fsp3) is 0.133. The number of hydrogen-bond donors (Lipinski definition) is 1. The summed E-state index contributed by atoms with van der Waals surface area (Å²) < 4.78 is 0. The highest BCUT2D eigenvalue weighted by Gasteiger charge is 2.17. The topological polar surface area (TPSA) is 63.1 Å². The summed E-state index contributed by atoms with van der Waals surface area (Å²) in [5.41, 5.74) is 2.85. The number of pyridine rings is 1. The lowest BCUT2D eigenvalue weighted by atomic mass is 10.1. The highest BCUT2D eigenvalue weighted by Crippen LogP contribution is 2.33. The molecule has 0 saturated heterocycles. The Hall–Kier alpha value is -2.27. The summed E-state index contributed by atoms with van der Waals surface area (Å²) in [4.78, 5) is 20.6. The Morgan fingerprint density at radius 3 is 2.65 bits per heavy atom. The molecule has 3 rings (SSSR count). The van der Waals surface area contributed by atoms with Gasteiger partial charge < -0.3 is 5.11 Å². The Morgan fingerprint density at radius 1 is 1.20 bits per heavy atom. The van der Waals surface area contributed by atoms with E-state index in [2.05, 4.69) is 9.97 Å². The second-order valence-corrected chi connectivity index (χ2v) is 5.76. The zero-order valence-corrected chi connectivity index (χ0v) is 11.9. The monoisotopic (exact) mass is 284 g/mol. The number of aromatic nitrogens is 2. The Kier molecular flexibility index (Phi) is 2.99.